The summed E-state index contributed by atoms with van der Waals surface area (Å²) < 4.78 is 0. The number of hydrogen-bond acceptors (Lipinski definition) is 4. The van der Waals surface area contributed by atoms with Crippen LogP contribution in [-0.4, -0.2) is 23.1 Å². The summed E-state index contributed by atoms with van der Waals surface area (Å²) in [5.41, 5.74) is 6.52. The van der Waals surface area contributed by atoms with E-state index in [0.29, 0.717) is 11.9 Å². The van der Waals surface area contributed by atoms with Crippen molar-refractivity contribution < 1.29 is 0 Å². The number of hydrogen-bond donors (Lipinski definition) is 2. The number of rotatable bonds is 6. The van der Waals surface area contributed by atoms with Crippen molar-refractivity contribution in [2.45, 2.75) is 26.7 Å². The van der Waals surface area contributed by atoms with E-state index in [4.69, 9.17) is 5.73 Å². The van der Waals surface area contributed by atoms with Crippen molar-refractivity contribution in [1.29, 1.82) is 0 Å². The van der Waals surface area contributed by atoms with Crippen LogP contribution in [-0.2, 0) is 0 Å². The van der Waals surface area contributed by atoms with E-state index in [1.165, 1.54) is 0 Å². The molecule has 0 spiro atoms. The van der Waals surface area contributed by atoms with Crippen LogP contribution in [0.3, 0.4) is 0 Å². The van der Waals surface area contributed by atoms with E-state index in [1.807, 2.05) is 13.0 Å². The van der Waals surface area contributed by atoms with Crippen molar-refractivity contribution in [1.82, 2.24) is 9.97 Å². The molecular formula is C11H20N4. The first-order chi connectivity index (χ1) is 7.26. The van der Waals surface area contributed by atoms with Crippen molar-refractivity contribution >= 4 is 5.95 Å². The molecule has 0 fully saturated rings. The summed E-state index contributed by atoms with van der Waals surface area (Å²) in [5, 5.41) is 3.24. The zero-order chi connectivity index (χ0) is 11.1. The Morgan fingerprint density at radius 1 is 1.53 bits per heavy atom. The van der Waals surface area contributed by atoms with Gasteiger partial charge < -0.3 is 11.1 Å². The Bertz CT molecular complexity index is 288. The van der Waals surface area contributed by atoms with E-state index in [-0.39, 0.29) is 0 Å². The summed E-state index contributed by atoms with van der Waals surface area (Å²) in [7, 11) is 0. The zero-order valence-corrected chi connectivity index (χ0v) is 9.53. The fourth-order valence-electron chi connectivity index (χ4n) is 1.46. The molecule has 84 valence electrons. The van der Waals surface area contributed by atoms with E-state index in [2.05, 4.69) is 22.2 Å². The second-order valence-corrected chi connectivity index (χ2v) is 3.75. The molecule has 3 N–H and O–H groups in total. The lowest BCUT2D eigenvalue weighted by Crippen LogP contribution is -2.18. The third-order valence-corrected chi connectivity index (χ3v) is 2.50. The van der Waals surface area contributed by atoms with Crippen molar-refractivity contribution in [3.63, 3.8) is 0 Å². The van der Waals surface area contributed by atoms with Crippen molar-refractivity contribution in [3.8, 4) is 0 Å². The normalized spacial score (nSPS) is 12.5. The average molecular weight is 208 g/mol. The summed E-state index contributed by atoms with van der Waals surface area (Å²) >= 11 is 0. The van der Waals surface area contributed by atoms with Crippen LogP contribution < -0.4 is 11.1 Å². The van der Waals surface area contributed by atoms with Crippen LogP contribution in [0.5, 0.6) is 0 Å². The first kappa shape index (κ1) is 11.9. The third kappa shape index (κ3) is 4.25. The Labute approximate surface area is 91.3 Å². The predicted octanol–water partition coefficient (Wildman–Crippen LogP) is 1.57. The van der Waals surface area contributed by atoms with Gasteiger partial charge in [0.25, 0.3) is 0 Å². The summed E-state index contributed by atoms with van der Waals surface area (Å²) in [4.78, 5) is 8.44. The highest BCUT2D eigenvalue weighted by atomic mass is 15.1. The first-order valence-electron chi connectivity index (χ1n) is 5.49. The maximum atomic E-state index is 5.54. The molecule has 15 heavy (non-hydrogen) atoms. The molecule has 0 bridgehead atoms. The average Bonchev–Trinajstić information content (AvgIpc) is 2.24. The van der Waals surface area contributed by atoms with Crippen molar-refractivity contribution in [3.05, 3.63) is 18.0 Å². The molecule has 0 amide bonds. The number of nitrogens with zero attached hydrogens (tertiary/aromatic N) is 2. The molecule has 0 saturated heterocycles. The quantitative estimate of drug-likeness (QED) is 0.745. The largest absolute Gasteiger partial charge is 0.354 e. The van der Waals surface area contributed by atoms with E-state index in [0.717, 1.165) is 31.6 Å². The van der Waals surface area contributed by atoms with Gasteiger partial charge in [0.1, 0.15) is 0 Å². The van der Waals surface area contributed by atoms with Crippen LogP contribution >= 0.6 is 0 Å². The van der Waals surface area contributed by atoms with Crippen LogP contribution in [0.4, 0.5) is 5.95 Å². The summed E-state index contributed by atoms with van der Waals surface area (Å²) in [5.74, 6) is 1.32. The molecule has 0 aliphatic heterocycles. The van der Waals surface area contributed by atoms with Gasteiger partial charge >= 0.3 is 0 Å². The predicted molar refractivity (Wildman–Crippen MR) is 62.7 cm³/mol. The number of anilines is 1. The highest BCUT2D eigenvalue weighted by Gasteiger charge is 2.05. The van der Waals surface area contributed by atoms with E-state index >= 15 is 0 Å². The zero-order valence-electron chi connectivity index (χ0n) is 9.53. The molecule has 0 radical (unpaired) electrons. The van der Waals surface area contributed by atoms with E-state index in [9.17, 15) is 0 Å². The second-order valence-electron chi connectivity index (χ2n) is 3.75. The van der Waals surface area contributed by atoms with Gasteiger partial charge in [0, 0.05) is 18.4 Å². The molecule has 0 aromatic carbocycles. The molecule has 1 unspecified atom stereocenters. The molecule has 4 nitrogen and oxygen atoms in total. The Hall–Kier alpha value is -1.16. The summed E-state index contributed by atoms with van der Waals surface area (Å²) in [6, 6.07) is 1.89. The molecule has 4 heteroatoms. The lowest BCUT2D eigenvalue weighted by molar-refractivity contribution is 0.500. The van der Waals surface area contributed by atoms with Crippen molar-refractivity contribution in [2.75, 3.05) is 18.4 Å². The fraction of sp³-hybridized carbons (Fsp3) is 0.636. The number of aromatic nitrogens is 2. The monoisotopic (exact) mass is 208 g/mol. The van der Waals surface area contributed by atoms with Crippen molar-refractivity contribution in [2.24, 2.45) is 11.7 Å². The molecule has 0 saturated carbocycles. The SMILES string of the molecule is CCC(CCN)CNc1nccc(C)n1. The minimum Gasteiger partial charge on any atom is -0.354 e. The lowest BCUT2D eigenvalue weighted by atomic mass is 10.0. The van der Waals surface area contributed by atoms with Crippen LogP contribution in [0.25, 0.3) is 0 Å². The van der Waals surface area contributed by atoms with Gasteiger partial charge in [0.05, 0.1) is 0 Å². The first-order valence-corrected chi connectivity index (χ1v) is 5.49. The van der Waals surface area contributed by atoms with Gasteiger partial charge in [-0.3, -0.25) is 0 Å². The summed E-state index contributed by atoms with van der Waals surface area (Å²) in [6.07, 6.45) is 3.96. The van der Waals surface area contributed by atoms with E-state index < -0.39 is 0 Å². The molecule has 1 heterocycles. The fourth-order valence-corrected chi connectivity index (χ4v) is 1.46. The van der Waals surface area contributed by atoms with Gasteiger partial charge in [-0.15, -0.1) is 0 Å². The maximum absolute atomic E-state index is 5.54. The van der Waals surface area contributed by atoms with Gasteiger partial charge in [-0.2, -0.15) is 0 Å². The van der Waals surface area contributed by atoms with Gasteiger partial charge in [-0.05, 0) is 31.9 Å². The molecule has 1 aromatic rings. The van der Waals surface area contributed by atoms with Crippen LogP contribution in [0, 0.1) is 12.8 Å². The molecule has 1 rings (SSSR count). The number of nitrogens with one attached hydrogen (secondary N) is 1. The molecule has 0 aliphatic rings. The van der Waals surface area contributed by atoms with Crippen LogP contribution in [0.2, 0.25) is 0 Å². The minimum absolute atomic E-state index is 0.610. The highest BCUT2D eigenvalue weighted by Crippen LogP contribution is 2.08. The number of nitrogens with two attached hydrogens (primary N) is 1. The smallest absolute Gasteiger partial charge is 0.222 e. The number of aryl methyl sites for hydroxylation is 1. The van der Waals surface area contributed by atoms with Gasteiger partial charge in [0.15, 0.2) is 0 Å². The summed E-state index contributed by atoms with van der Waals surface area (Å²) in [6.45, 7) is 5.79. The Morgan fingerprint density at radius 3 is 2.93 bits per heavy atom. The second kappa shape index (κ2) is 6.35. The van der Waals surface area contributed by atoms with Gasteiger partial charge in [0.2, 0.25) is 5.95 Å². The van der Waals surface area contributed by atoms with E-state index in [1.54, 1.807) is 6.20 Å². The Balaban J connectivity index is 2.41. The Morgan fingerprint density at radius 2 is 2.33 bits per heavy atom. The minimum atomic E-state index is 0.610. The topological polar surface area (TPSA) is 63.8 Å². The Kier molecular flexibility index (Phi) is 5.04. The molecular weight excluding hydrogens is 188 g/mol. The lowest BCUT2D eigenvalue weighted by Gasteiger charge is -2.14. The third-order valence-electron chi connectivity index (χ3n) is 2.50. The maximum Gasteiger partial charge on any atom is 0.222 e. The highest BCUT2D eigenvalue weighted by molar-refractivity contribution is 5.24. The van der Waals surface area contributed by atoms with Crippen LogP contribution in [0.1, 0.15) is 25.5 Å². The standard InChI is InChI=1S/C11H20N4/c1-3-10(4-6-12)8-14-11-13-7-5-9(2)15-11/h5,7,10H,3-4,6,8,12H2,1-2H3,(H,13,14,15). The van der Waals surface area contributed by atoms with Gasteiger partial charge in [-0.1, -0.05) is 13.3 Å². The van der Waals surface area contributed by atoms with Crippen LogP contribution in [0.15, 0.2) is 12.3 Å². The molecule has 1 aromatic heterocycles. The molecule has 1 atom stereocenters. The van der Waals surface area contributed by atoms with Gasteiger partial charge in [-0.25, -0.2) is 9.97 Å². The molecule has 0 aliphatic carbocycles.